The molecule has 2 heterocycles. The van der Waals surface area contributed by atoms with E-state index in [-0.39, 0.29) is 17.9 Å². The largest absolute Gasteiger partial charge is 0.352 e. The van der Waals surface area contributed by atoms with Gasteiger partial charge >= 0.3 is 5.69 Å². The molecule has 9 heteroatoms. The molecule has 1 saturated carbocycles. The minimum absolute atomic E-state index is 0.0701. The highest BCUT2D eigenvalue weighted by Crippen LogP contribution is 2.28. The summed E-state index contributed by atoms with van der Waals surface area (Å²) in [5.74, 6) is 0.599. The maximum atomic E-state index is 12.8. The maximum absolute atomic E-state index is 12.8. The Morgan fingerprint density at radius 3 is 2.52 bits per heavy atom. The van der Waals surface area contributed by atoms with Crippen molar-refractivity contribution < 1.29 is 4.79 Å². The Bertz CT molecular complexity index is 1010. The third-order valence-corrected chi connectivity index (χ3v) is 5.48. The van der Waals surface area contributed by atoms with Crippen LogP contribution in [0.25, 0.3) is 11.0 Å². The monoisotopic (exact) mass is 391 g/mol. The summed E-state index contributed by atoms with van der Waals surface area (Å²) in [5, 5.41) is 3.29. The van der Waals surface area contributed by atoms with Crippen molar-refractivity contribution in [2.75, 3.05) is 0 Å². The van der Waals surface area contributed by atoms with E-state index < -0.39 is 16.5 Å². The summed E-state index contributed by atoms with van der Waals surface area (Å²) in [5.41, 5.74) is -0.497. The fourth-order valence-corrected chi connectivity index (χ4v) is 3.81. The van der Waals surface area contributed by atoms with Crippen LogP contribution < -0.4 is 16.6 Å². The number of carbonyl (C=O) groups excluding carboxylic acids is 1. The number of nitrogens with zero attached hydrogens (tertiary/aromatic N) is 4. The van der Waals surface area contributed by atoms with Crippen molar-refractivity contribution in [1.82, 2.24) is 24.4 Å². The van der Waals surface area contributed by atoms with Crippen LogP contribution in [0.2, 0.25) is 0 Å². The minimum Gasteiger partial charge on any atom is -0.352 e. The molecule has 3 rings (SSSR count). The average molecular weight is 391 g/mol. The summed E-state index contributed by atoms with van der Waals surface area (Å²) < 4.78 is 2.61. The van der Waals surface area contributed by atoms with Gasteiger partial charge in [-0.25, -0.2) is 14.8 Å². The van der Waals surface area contributed by atoms with Crippen LogP contribution in [0.3, 0.4) is 0 Å². The van der Waals surface area contributed by atoms with Crippen molar-refractivity contribution in [3.05, 3.63) is 26.7 Å². The number of carbonyl (C=O) groups is 1. The molecule has 0 radical (unpaired) electrons. The summed E-state index contributed by atoms with van der Waals surface area (Å²) in [6.07, 6.45) is 2.03. The standard InChI is InChI=1S/C18H25N5O3S/c1-9(2)8-23-14-13(17(25)22(5)18(23)26)16(20-11(4)19-14)27-10(3)15(24)21-12-6-7-12/h9-10,12H,6-8H2,1-5H3,(H,21,24). The molecule has 1 unspecified atom stereocenters. The Morgan fingerprint density at radius 1 is 1.26 bits per heavy atom. The Balaban J connectivity index is 2.12. The molecule has 1 aliphatic carbocycles. The molecule has 2 aromatic heterocycles. The van der Waals surface area contributed by atoms with E-state index in [9.17, 15) is 14.4 Å². The highest BCUT2D eigenvalue weighted by Gasteiger charge is 2.27. The number of nitrogens with one attached hydrogen (secondary N) is 1. The third kappa shape index (κ3) is 4.07. The van der Waals surface area contributed by atoms with Gasteiger partial charge in [0.2, 0.25) is 5.91 Å². The maximum Gasteiger partial charge on any atom is 0.332 e. The number of aromatic nitrogens is 4. The topological polar surface area (TPSA) is 98.9 Å². The SMILES string of the molecule is Cc1nc(SC(C)C(=O)NC2CC2)c2c(=O)n(C)c(=O)n(CC(C)C)c2n1. The predicted octanol–water partition coefficient (Wildman–Crippen LogP) is 1.21. The van der Waals surface area contributed by atoms with E-state index in [0.717, 1.165) is 17.4 Å². The van der Waals surface area contributed by atoms with Crippen molar-refractivity contribution in [1.29, 1.82) is 0 Å². The van der Waals surface area contributed by atoms with Crippen LogP contribution in [0, 0.1) is 12.8 Å². The molecule has 1 aliphatic rings. The summed E-state index contributed by atoms with van der Waals surface area (Å²) in [4.78, 5) is 46.6. The number of fused-ring (bicyclic) bond motifs is 1. The van der Waals surface area contributed by atoms with Gasteiger partial charge in [-0.15, -0.1) is 0 Å². The lowest BCUT2D eigenvalue weighted by Gasteiger charge is -2.16. The van der Waals surface area contributed by atoms with Crippen LogP contribution in [0.5, 0.6) is 0 Å². The number of thioether (sulfide) groups is 1. The van der Waals surface area contributed by atoms with Gasteiger partial charge in [-0.2, -0.15) is 0 Å². The lowest BCUT2D eigenvalue weighted by molar-refractivity contribution is -0.120. The first-order valence-corrected chi connectivity index (χ1v) is 10.0. The highest BCUT2D eigenvalue weighted by molar-refractivity contribution is 8.00. The number of rotatable bonds is 6. The van der Waals surface area contributed by atoms with Gasteiger partial charge in [-0.1, -0.05) is 25.6 Å². The van der Waals surface area contributed by atoms with Crippen LogP contribution in [0.1, 0.15) is 39.4 Å². The summed E-state index contributed by atoms with van der Waals surface area (Å²) in [6.45, 7) is 7.96. The number of aryl methyl sites for hydroxylation is 1. The minimum atomic E-state index is -0.438. The van der Waals surface area contributed by atoms with E-state index >= 15 is 0 Å². The van der Waals surface area contributed by atoms with Gasteiger partial charge in [-0.05, 0) is 32.6 Å². The molecule has 1 atom stereocenters. The van der Waals surface area contributed by atoms with E-state index in [2.05, 4.69) is 15.3 Å². The van der Waals surface area contributed by atoms with Gasteiger partial charge in [0, 0.05) is 19.6 Å². The molecule has 146 valence electrons. The first-order valence-electron chi connectivity index (χ1n) is 9.14. The van der Waals surface area contributed by atoms with Crippen LogP contribution in [0.15, 0.2) is 14.6 Å². The molecular weight excluding hydrogens is 366 g/mol. The quantitative estimate of drug-likeness (QED) is 0.587. The molecule has 0 aliphatic heterocycles. The first kappa shape index (κ1) is 19.6. The molecule has 0 bridgehead atoms. The molecule has 1 fully saturated rings. The molecular formula is C18H25N5O3S. The van der Waals surface area contributed by atoms with Gasteiger partial charge < -0.3 is 5.32 Å². The Hall–Kier alpha value is -2.16. The van der Waals surface area contributed by atoms with Gasteiger partial charge in [0.1, 0.15) is 16.2 Å². The van der Waals surface area contributed by atoms with Crippen molar-refractivity contribution in [3.8, 4) is 0 Å². The molecule has 8 nitrogen and oxygen atoms in total. The Labute approximate surface area is 161 Å². The molecule has 0 aromatic carbocycles. The number of hydrogen-bond donors (Lipinski definition) is 1. The lowest BCUT2D eigenvalue weighted by Crippen LogP contribution is -2.40. The second-order valence-corrected chi connectivity index (χ2v) is 8.80. The molecule has 0 saturated heterocycles. The van der Waals surface area contributed by atoms with Gasteiger partial charge in [-0.3, -0.25) is 18.7 Å². The summed E-state index contributed by atoms with van der Waals surface area (Å²) in [7, 11) is 1.46. The highest BCUT2D eigenvalue weighted by atomic mass is 32.2. The molecule has 1 N–H and O–H groups in total. The summed E-state index contributed by atoms with van der Waals surface area (Å²) >= 11 is 1.23. The van der Waals surface area contributed by atoms with Crippen molar-refractivity contribution in [2.24, 2.45) is 13.0 Å². The molecule has 0 spiro atoms. The van der Waals surface area contributed by atoms with E-state index in [1.807, 2.05) is 13.8 Å². The molecule has 1 amide bonds. The van der Waals surface area contributed by atoms with Gasteiger partial charge in [0.05, 0.1) is 5.25 Å². The van der Waals surface area contributed by atoms with Crippen LogP contribution >= 0.6 is 11.8 Å². The normalized spacial score (nSPS) is 15.3. The van der Waals surface area contributed by atoms with Crippen molar-refractivity contribution in [2.45, 2.75) is 63.4 Å². The van der Waals surface area contributed by atoms with E-state index in [4.69, 9.17) is 0 Å². The first-order chi connectivity index (χ1) is 12.7. The number of amides is 1. The second-order valence-electron chi connectivity index (χ2n) is 7.47. The number of hydrogen-bond acceptors (Lipinski definition) is 6. The predicted molar refractivity (Wildman–Crippen MR) is 105 cm³/mol. The average Bonchev–Trinajstić information content (AvgIpc) is 3.40. The van der Waals surface area contributed by atoms with Crippen LogP contribution in [-0.2, 0) is 18.4 Å². The van der Waals surface area contributed by atoms with Crippen molar-refractivity contribution in [3.63, 3.8) is 0 Å². The molecule has 2 aromatic rings. The third-order valence-electron chi connectivity index (χ3n) is 4.39. The van der Waals surface area contributed by atoms with E-state index in [0.29, 0.717) is 28.4 Å². The van der Waals surface area contributed by atoms with E-state index in [1.54, 1.807) is 13.8 Å². The zero-order valence-electron chi connectivity index (χ0n) is 16.3. The van der Waals surface area contributed by atoms with Crippen molar-refractivity contribution >= 4 is 28.7 Å². The molecule has 27 heavy (non-hydrogen) atoms. The fourth-order valence-electron chi connectivity index (χ4n) is 2.82. The van der Waals surface area contributed by atoms with Crippen LogP contribution in [0.4, 0.5) is 0 Å². The zero-order chi connectivity index (χ0) is 19.9. The summed E-state index contributed by atoms with van der Waals surface area (Å²) in [6, 6.07) is 0.272. The van der Waals surface area contributed by atoms with Gasteiger partial charge in [0.25, 0.3) is 5.56 Å². The zero-order valence-corrected chi connectivity index (χ0v) is 17.1. The lowest BCUT2D eigenvalue weighted by atomic mass is 10.2. The fraction of sp³-hybridized carbons (Fsp3) is 0.611. The van der Waals surface area contributed by atoms with Gasteiger partial charge in [0.15, 0.2) is 5.65 Å². The van der Waals surface area contributed by atoms with E-state index in [1.165, 1.54) is 23.4 Å². The Morgan fingerprint density at radius 2 is 1.93 bits per heavy atom. The Kier molecular flexibility index (Phi) is 5.41. The smallest absolute Gasteiger partial charge is 0.332 e. The van der Waals surface area contributed by atoms with Crippen LogP contribution in [-0.4, -0.2) is 36.3 Å². The second kappa shape index (κ2) is 7.46.